The average Bonchev–Trinajstić information content (AvgIpc) is 3.34. The molecular weight excluding hydrogens is 783 g/mol. The van der Waals surface area contributed by atoms with Crippen LogP contribution in [0.1, 0.15) is 109 Å². The molecule has 0 radical (unpaired) electrons. The van der Waals surface area contributed by atoms with E-state index in [2.05, 4.69) is 242 Å². The molecule has 1 aliphatic rings. The minimum atomic E-state index is 0.576. The number of nitrogens with zero attached hydrogens (tertiary/aromatic N) is 1. The van der Waals surface area contributed by atoms with Gasteiger partial charge in [0.15, 0.2) is 0 Å². The molecule has 0 spiro atoms. The zero-order valence-corrected chi connectivity index (χ0v) is 40.3. The van der Waals surface area contributed by atoms with Crippen LogP contribution in [-0.2, 0) is 6.42 Å². The summed E-state index contributed by atoms with van der Waals surface area (Å²) in [6.45, 7) is 17.6. The van der Waals surface area contributed by atoms with Crippen LogP contribution in [0.3, 0.4) is 0 Å². The average molecular weight is 854 g/mol. The Hall–Kier alpha value is -6.44. The third-order valence-electron chi connectivity index (χ3n) is 12.6. The lowest BCUT2D eigenvalue weighted by atomic mass is 9.76. The molecule has 0 aromatic heterocycles. The van der Waals surface area contributed by atoms with Crippen LogP contribution in [0.25, 0.3) is 50.2 Å². The largest absolute Gasteiger partial charge is 0.344 e. The van der Waals surface area contributed by atoms with Crippen molar-refractivity contribution < 1.29 is 0 Å². The summed E-state index contributed by atoms with van der Waals surface area (Å²) >= 11 is 0. The van der Waals surface area contributed by atoms with Crippen LogP contribution in [0, 0.1) is 5.92 Å². The molecule has 0 fully saturated rings. The Morgan fingerprint density at radius 2 is 1.42 bits per heavy atom. The standard InChI is InChI=1S/C64H71N/c1-9-14-18-31-54(26-10-2)64-62(55-32-22-17-23-33-55)60(57-34-24-15-19-27-49(7)46-57)47-59(52-29-20-16-21-30-52)63(64)56-42-44-58(45-43-56)65(8)61(53-40-38-51(13-5)39-41-53)35-25-28-50(12-4)37-36-48(6)11-3/h12,14-18,20-26,28-30,32-45,47,49H,4,9-11,13,19,27,31,46H2,1-3,5-8H3/b18-14-,24-15?,28-25+,48-36+,50-37+,54-26+,57-34+,61-35-/t49-/m0/s1. The normalized spacial score (nSPS) is 16.1. The van der Waals surface area contributed by atoms with Crippen LogP contribution in [0.4, 0.5) is 5.69 Å². The first-order valence-electron chi connectivity index (χ1n) is 24.1. The maximum absolute atomic E-state index is 4.10. The van der Waals surface area contributed by atoms with Crippen molar-refractivity contribution >= 4 is 22.5 Å². The third-order valence-corrected chi connectivity index (χ3v) is 12.6. The molecule has 1 aliphatic carbocycles. The Kier molecular flexibility index (Phi) is 18.2. The number of anilines is 1. The minimum Gasteiger partial charge on any atom is -0.344 e. The quantitative estimate of drug-likeness (QED) is 0.0627. The molecule has 5 aromatic carbocycles. The van der Waals surface area contributed by atoms with E-state index in [9.17, 15) is 0 Å². The number of hydrogen-bond acceptors (Lipinski definition) is 1. The molecule has 1 atom stereocenters. The summed E-state index contributed by atoms with van der Waals surface area (Å²) < 4.78 is 0. The number of allylic oxidation sites excluding steroid dienone is 16. The summed E-state index contributed by atoms with van der Waals surface area (Å²) in [5.41, 5.74) is 20.1. The highest BCUT2D eigenvalue weighted by Gasteiger charge is 2.26. The summed E-state index contributed by atoms with van der Waals surface area (Å²) in [4.78, 5) is 2.32. The third kappa shape index (κ3) is 12.6. The fraction of sp³-hybridized carbons (Fsp3) is 0.250. The maximum Gasteiger partial charge on any atom is 0.0481 e. The van der Waals surface area contributed by atoms with Crippen molar-refractivity contribution in [1.82, 2.24) is 0 Å². The molecule has 0 saturated carbocycles. The van der Waals surface area contributed by atoms with E-state index in [-0.39, 0.29) is 0 Å². The molecule has 0 bridgehead atoms. The van der Waals surface area contributed by atoms with E-state index in [4.69, 9.17) is 0 Å². The Balaban J connectivity index is 1.61. The van der Waals surface area contributed by atoms with E-state index in [1.54, 1.807) is 0 Å². The molecule has 6 rings (SSSR count). The molecule has 0 unspecified atom stereocenters. The van der Waals surface area contributed by atoms with E-state index in [1.165, 1.54) is 78.8 Å². The van der Waals surface area contributed by atoms with Gasteiger partial charge in [0.1, 0.15) is 0 Å². The second-order valence-electron chi connectivity index (χ2n) is 17.4. The maximum atomic E-state index is 4.10. The first kappa shape index (κ1) is 48.0. The van der Waals surface area contributed by atoms with Crippen molar-refractivity contribution in [3.63, 3.8) is 0 Å². The van der Waals surface area contributed by atoms with E-state index in [1.807, 2.05) is 6.08 Å². The zero-order chi connectivity index (χ0) is 46.0. The zero-order valence-electron chi connectivity index (χ0n) is 40.3. The van der Waals surface area contributed by atoms with Crippen LogP contribution in [0.2, 0.25) is 0 Å². The predicted molar refractivity (Wildman–Crippen MR) is 289 cm³/mol. The van der Waals surface area contributed by atoms with Crippen molar-refractivity contribution in [3.8, 4) is 33.4 Å². The summed E-state index contributed by atoms with van der Waals surface area (Å²) in [6.07, 6.45) is 35.2. The highest BCUT2D eigenvalue weighted by Crippen LogP contribution is 2.49. The SMILES string of the molecule is C=CC(/C=C/C=C(/c1ccc(CC)cc1)N(C)c1ccc(-c2c(-c3ccccc3)cc(/C3=C/C=CCC[C@H](C)C3)c(-c3ccccc3)c2/C(=C/CC)C/C=C\CC)cc1)=C\C=C(/C)CC. The molecule has 1 heteroatoms. The topological polar surface area (TPSA) is 3.24 Å². The van der Waals surface area contributed by atoms with Crippen molar-refractivity contribution in [2.75, 3.05) is 11.9 Å². The summed E-state index contributed by atoms with van der Waals surface area (Å²) in [5.74, 6) is 0.576. The molecule has 332 valence electrons. The van der Waals surface area contributed by atoms with Crippen LogP contribution in [0.5, 0.6) is 0 Å². The van der Waals surface area contributed by atoms with Crippen LogP contribution < -0.4 is 4.90 Å². The van der Waals surface area contributed by atoms with Gasteiger partial charge >= 0.3 is 0 Å². The molecule has 0 amide bonds. The molecule has 0 N–H and O–H groups in total. The van der Waals surface area contributed by atoms with Crippen molar-refractivity contribution in [1.29, 1.82) is 0 Å². The fourth-order valence-corrected chi connectivity index (χ4v) is 8.73. The highest BCUT2D eigenvalue weighted by atomic mass is 15.1. The smallest absolute Gasteiger partial charge is 0.0481 e. The van der Waals surface area contributed by atoms with Gasteiger partial charge in [-0.25, -0.2) is 0 Å². The lowest BCUT2D eigenvalue weighted by Crippen LogP contribution is -2.15. The van der Waals surface area contributed by atoms with Gasteiger partial charge < -0.3 is 4.90 Å². The monoisotopic (exact) mass is 854 g/mol. The van der Waals surface area contributed by atoms with Crippen molar-refractivity contribution in [3.05, 3.63) is 228 Å². The highest BCUT2D eigenvalue weighted by molar-refractivity contribution is 6.03. The summed E-state index contributed by atoms with van der Waals surface area (Å²) in [6, 6.07) is 43.1. The van der Waals surface area contributed by atoms with Gasteiger partial charge in [-0.1, -0.05) is 211 Å². The predicted octanol–water partition coefficient (Wildman–Crippen LogP) is 18.7. The second kappa shape index (κ2) is 24.6. The number of aryl methyl sites for hydroxylation is 1. The van der Waals surface area contributed by atoms with E-state index in [0.29, 0.717) is 5.92 Å². The molecule has 65 heavy (non-hydrogen) atoms. The number of rotatable bonds is 18. The molecule has 0 saturated heterocycles. The Morgan fingerprint density at radius 1 is 0.738 bits per heavy atom. The van der Waals surface area contributed by atoms with Crippen LogP contribution in [-0.4, -0.2) is 7.05 Å². The lowest BCUT2D eigenvalue weighted by Gasteiger charge is -2.28. The first-order valence-corrected chi connectivity index (χ1v) is 24.1. The van der Waals surface area contributed by atoms with Gasteiger partial charge in [0, 0.05) is 18.4 Å². The Labute approximate surface area is 393 Å². The van der Waals surface area contributed by atoms with Gasteiger partial charge in [-0.15, -0.1) is 0 Å². The number of benzene rings is 5. The fourth-order valence-electron chi connectivity index (χ4n) is 8.73. The number of hydrogen-bond donors (Lipinski definition) is 0. The molecular formula is C64H71N. The summed E-state index contributed by atoms with van der Waals surface area (Å²) in [5, 5.41) is 0. The van der Waals surface area contributed by atoms with Gasteiger partial charge in [0.2, 0.25) is 0 Å². The molecule has 1 nitrogen and oxygen atoms in total. The molecule has 0 heterocycles. The van der Waals surface area contributed by atoms with E-state index in [0.717, 1.165) is 61.9 Å². The van der Waals surface area contributed by atoms with Crippen molar-refractivity contribution in [2.24, 2.45) is 5.92 Å². The molecule has 0 aliphatic heterocycles. The minimum absolute atomic E-state index is 0.576. The van der Waals surface area contributed by atoms with Crippen molar-refractivity contribution in [2.45, 2.75) is 92.9 Å². The van der Waals surface area contributed by atoms with Gasteiger partial charge in [-0.05, 0) is 161 Å². The molecule has 5 aromatic rings. The lowest BCUT2D eigenvalue weighted by molar-refractivity contribution is 0.551. The van der Waals surface area contributed by atoms with Gasteiger partial charge in [0.05, 0.1) is 0 Å². The van der Waals surface area contributed by atoms with Gasteiger partial charge in [-0.2, -0.15) is 0 Å². The Morgan fingerprint density at radius 3 is 2.06 bits per heavy atom. The Bertz CT molecular complexity index is 2580. The van der Waals surface area contributed by atoms with Crippen LogP contribution in [0.15, 0.2) is 206 Å². The van der Waals surface area contributed by atoms with E-state index >= 15 is 0 Å². The summed E-state index contributed by atoms with van der Waals surface area (Å²) in [7, 11) is 2.18. The second-order valence-corrected chi connectivity index (χ2v) is 17.4. The van der Waals surface area contributed by atoms with Gasteiger partial charge in [-0.3, -0.25) is 0 Å². The first-order chi connectivity index (χ1) is 31.8. The van der Waals surface area contributed by atoms with Gasteiger partial charge in [0.25, 0.3) is 0 Å². The van der Waals surface area contributed by atoms with Crippen LogP contribution >= 0.6 is 0 Å². The van der Waals surface area contributed by atoms with E-state index < -0.39 is 0 Å².